The normalized spacial score (nSPS) is 15.0. The summed E-state index contributed by atoms with van der Waals surface area (Å²) in [5, 5.41) is 0. The number of amides is 2. The van der Waals surface area contributed by atoms with Crippen LogP contribution in [-0.4, -0.2) is 54.4 Å². The lowest BCUT2D eigenvalue weighted by molar-refractivity contribution is -0.140. The summed E-state index contributed by atoms with van der Waals surface area (Å²) >= 11 is 0. The Bertz CT molecular complexity index is 656. The highest BCUT2D eigenvalue weighted by molar-refractivity contribution is 5.79. The summed E-state index contributed by atoms with van der Waals surface area (Å²) in [6.07, 6.45) is 2.56. The molecule has 1 aromatic rings. The average molecular weight is 375 g/mol. The SMILES string of the molecule is CCCCC(=O)N1CCN(C(=O)COc2ccc(C)cc2C(C)(C)C)CC1. The lowest BCUT2D eigenvalue weighted by Gasteiger charge is -2.35. The molecule has 1 aliphatic heterocycles. The van der Waals surface area contributed by atoms with Gasteiger partial charge in [-0.25, -0.2) is 0 Å². The Balaban J connectivity index is 1.88. The average Bonchev–Trinajstić information content (AvgIpc) is 2.64. The Kier molecular flexibility index (Phi) is 7.28. The topological polar surface area (TPSA) is 49.9 Å². The third kappa shape index (κ3) is 5.98. The zero-order valence-electron chi connectivity index (χ0n) is 17.5. The van der Waals surface area contributed by atoms with Crippen LogP contribution in [0.15, 0.2) is 18.2 Å². The van der Waals surface area contributed by atoms with E-state index >= 15 is 0 Å². The maximum Gasteiger partial charge on any atom is 0.260 e. The van der Waals surface area contributed by atoms with E-state index in [4.69, 9.17) is 4.74 Å². The molecule has 1 heterocycles. The van der Waals surface area contributed by atoms with E-state index in [0.29, 0.717) is 32.6 Å². The van der Waals surface area contributed by atoms with Gasteiger partial charge in [-0.1, -0.05) is 51.8 Å². The molecule has 0 radical (unpaired) electrons. The molecule has 0 aliphatic carbocycles. The van der Waals surface area contributed by atoms with Crippen LogP contribution in [-0.2, 0) is 15.0 Å². The van der Waals surface area contributed by atoms with Gasteiger partial charge in [-0.2, -0.15) is 0 Å². The van der Waals surface area contributed by atoms with Crippen molar-refractivity contribution in [2.75, 3.05) is 32.8 Å². The molecule has 150 valence electrons. The molecular formula is C22H34N2O3. The van der Waals surface area contributed by atoms with Gasteiger partial charge in [0.2, 0.25) is 5.91 Å². The van der Waals surface area contributed by atoms with E-state index in [-0.39, 0.29) is 23.8 Å². The van der Waals surface area contributed by atoms with Gasteiger partial charge in [-0.15, -0.1) is 0 Å². The number of piperazine rings is 1. The first-order valence-electron chi connectivity index (χ1n) is 10.0. The number of carbonyl (C=O) groups is 2. The van der Waals surface area contributed by atoms with E-state index in [9.17, 15) is 9.59 Å². The van der Waals surface area contributed by atoms with Crippen LogP contribution in [0.2, 0.25) is 0 Å². The van der Waals surface area contributed by atoms with Crippen molar-refractivity contribution in [3.8, 4) is 5.75 Å². The van der Waals surface area contributed by atoms with Gasteiger partial charge >= 0.3 is 0 Å². The summed E-state index contributed by atoms with van der Waals surface area (Å²) in [6, 6.07) is 6.09. The minimum atomic E-state index is -0.0467. The van der Waals surface area contributed by atoms with Crippen LogP contribution in [0.3, 0.4) is 0 Å². The summed E-state index contributed by atoms with van der Waals surface area (Å²) in [5.74, 6) is 0.959. The minimum Gasteiger partial charge on any atom is -0.483 e. The molecule has 5 nitrogen and oxygen atoms in total. The monoisotopic (exact) mass is 374 g/mol. The fourth-order valence-corrected chi connectivity index (χ4v) is 3.28. The zero-order chi connectivity index (χ0) is 20.0. The first-order chi connectivity index (χ1) is 12.7. The van der Waals surface area contributed by atoms with Crippen molar-refractivity contribution in [2.45, 2.75) is 59.3 Å². The third-order valence-corrected chi connectivity index (χ3v) is 5.02. The Labute approximate surface area is 163 Å². The van der Waals surface area contributed by atoms with Crippen molar-refractivity contribution in [2.24, 2.45) is 0 Å². The van der Waals surface area contributed by atoms with Crippen LogP contribution in [0.5, 0.6) is 5.75 Å². The fourth-order valence-electron chi connectivity index (χ4n) is 3.28. The number of benzene rings is 1. The molecule has 1 aliphatic rings. The van der Waals surface area contributed by atoms with E-state index in [1.807, 2.05) is 17.0 Å². The van der Waals surface area contributed by atoms with Gasteiger partial charge in [-0.05, 0) is 30.4 Å². The second-order valence-electron chi connectivity index (χ2n) is 8.40. The van der Waals surface area contributed by atoms with Gasteiger partial charge in [0.1, 0.15) is 5.75 Å². The Hall–Kier alpha value is -2.04. The van der Waals surface area contributed by atoms with E-state index in [2.05, 4.69) is 40.7 Å². The van der Waals surface area contributed by atoms with Crippen molar-refractivity contribution < 1.29 is 14.3 Å². The summed E-state index contributed by atoms with van der Waals surface area (Å²) < 4.78 is 5.89. The standard InChI is InChI=1S/C22H34N2O3/c1-6-7-8-20(25)23-11-13-24(14-12-23)21(26)16-27-19-10-9-17(2)15-18(19)22(3,4)5/h9-10,15H,6-8,11-14,16H2,1-5H3. The molecule has 0 saturated carbocycles. The lowest BCUT2D eigenvalue weighted by atomic mass is 9.85. The number of hydrogen-bond acceptors (Lipinski definition) is 3. The first kappa shape index (κ1) is 21.3. The molecule has 1 fully saturated rings. The maximum atomic E-state index is 12.5. The van der Waals surface area contributed by atoms with Gasteiger partial charge < -0.3 is 14.5 Å². The maximum absolute atomic E-state index is 12.5. The Morgan fingerprint density at radius 2 is 1.63 bits per heavy atom. The molecule has 27 heavy (non-hydrogen) atoms. The van der Waals surface area contributed by atoms with Crippen molar-refractivity contribution in [3.05, 3.63) is 29.3 Å². The number of nitrogens with zero attached hydrogens (tertiary/aromatic N) is 2. The largest absolute Gasteiger partial charge is 0.483 e. The van der Waals surface area contributed by atoms with E-state index in [1.165, 1.54) is 5.56 Å². The number of aryl methyl sites for hydroxylation is 1. The predicted molar refractivity (Wildman–Crippen MR) is 108 cm³/mol. The fraction of sp³-hybridized carbons (Fsp3) is 0.636. The van der Waals surface area contributed by atoms with Gasteiger partial charge in [0.05, 0.1) is 0 Å². The van der Waals surface area contributed by atoms with Crippen LogP contribution in [0, 0.1) is 6.92 Å². The van der Waals surface area contributed by atoms with Crippen molar-refractivity contribution in [3.63, 3.8) is 0 Å². The summed E-state index contributed by atoms with van der Waals surface area (Å²) in [5.41, 5.74) is 2.25. The molecule has 0 atom stereocenters. The molecular weight excluding hydrogens is 340 g/mol. The molecule has 0 N–H and O–H groups in total. The van der Waals surface area contributed by atoms with Gasteiger partial charge in [0.25, 0.3) is 5.91 Å². The van der Waals surface area contributed by atoms with Crippen LogP contribution >= 0.6 is 0 Å². The molecule has 0 bridgehead atoms. The number of hydrogen-bond donors (Lipinski definition) is 0. The molecule has 1 saturated heterocycles. The summed E-state index contributed by atoms with van der Waals surface area (Å²) in [7, 11) is 0. The Morgan fingerprint density at radius 3 is 2.19 bits per heavy atom. The highest BCUT2D eigenvalue weighted by Crippen LogP contribution is 2.32. The molecule has 2 rings (SSSR count). The molecule has 5 heteroatoms. The first-order valence-corrected chi connectivity index (χ1v) is 10.0. The van der Waals surface area contributed by atoms with E-state index in [1.54, 1.807) is 4.90 Å². The minimum absolute atomic E-state index is 0.0175. The van der Waals surface area contributed by atoms with E-state index < -0.39 is 0 Å². The summed E-state index contributed by atoms with van der Waals surface area (Å²) in [6.45, 7) is 13.0. The van der Waals surface area contributed by atoms with Crippen LogP contribution in [0.1, 0.15) is 58.1 Å². The van der Waals surface area contributed by atoms with Crippen molar-refractivity contribution >= 4 is 11.8 Å². The van der Waals surface area contributed by atoms with E-state index in [0.717, 1.165) is 24.2 Å². The van der Waals surface area contributed by atoms with Crippen LogP contribution in [0.4, 0.5) is 0 Å². The predicted octanol–water partition coefficient (Wildman–Crippen LogP) is 3.53. The smallest absolute Gasteiger partial charge is 0.260 e. The van der Waals surface area contributed by atoms with Gasteiger partial charge in [0.15, 0.2) is 6.61 Å². The highest BCUT2D eigenvalue weighted by Gasteiger charge is 2.25. The van der Waals surface area contributed by atoms with Gasteiger partial charge in [0, 0.05) is 32.6 Å². The molecule has 0 unspecified atom stereocenters. The number of ether oxygens (including phenoxy) is 1. The second-order valence-corrected chi connectivity index (χ2v) is 8.40. The molecule has 0 spiro atoms. The molecule has 2 amide bonds. The summed E-state index contributed by atoms with van der Waals surface area (Å²) in [4.78, 5) is 28.3. The molecule has 0 aromatic heterocycles. The second kappa shape index (κ2) is 9.25. The number of rotatable bonds is 6. The van der Waals surface area contributed by atoms with Gasteiger partial charge in [-0.3, -0.25) is 9.59 Å². The van der Waals surface area contributed by atoms with Crippen molar-refractivity contribution in [1.82, 2.24) is 9.80 Å². The Morgan fingerprint density at radius 1 is 1.04 bits per heavy atom. The highest BCUT2D eigenvalue weighted by atomic mass is 16.5. The zero-order valence-corrected chi connectivity index (χ0v) is 17.5. The third-order valence-electron chi connectivity index (χ3n) is 5.02. The van der Waals surface area contributed by atoms with Crippen molar-refractivity contribution in [1.29, 1.82) is 0 Å². The lowest BCUT2D eigenvalue weighted by Crippen LogP contribution is -2.51. The number of carbonyl (C=O) groups excluding carboxylic acids is 2. The molecule has 1 aromatic carbocycles. The van der Waals surface area contributed by atoms with Crippen LogP contribution in [0.25, 0.3) is 0 Å². The van der Waals surface area contributed by atoms with Crippen LogP contribution < -0.4 is 4.74 Å². The quantitative estimate of drug-likeness (QED) is 0.765. The number of unbranched alkanes of at least 4 members (excludes halogenated alkanes) is 1.